The molecule has 2 aromatic heterocycles. The van der Waals surface area contributed by atoms with Crippen LogP contribution < -0.4 is 0 Å². The number of rotatable bonds is 2. The lowest BCUT2D eigenvalue weighted by Crippen LogP contribution is -2.36. The highest BCUT2D eigenvalue weighted by Crippen LogP contribution is 2.29. The first-order chi connectivity index (χ1) is 11.8. The van der Waals surface area contributed by atoms with Gasteiger partial charge < -0.3 is 4.90 Å². The van der Waals surface area contributed by atoms with Crippen LogP contribution in [0.4, 0.5) is 0 Å². The van der Waals surface area contributed by atoms with Crippen molar-refractivity contribution >= 4 is 22.2 Å². The second-order valence-electron chi connectivity index (χ2n) is 5.91. The lowest BCUT2D eigenvalue weighted by Gasteiger charge is -2.26. The van der Waals surface area contributed by atoms with Crippen LogP contribution >= 0.6 is 11.3 Å². The summed E-state index contributed by atoms with van der Waals surface area (Å²) in [5.74, 6) is -0.0111. The van der Waals surface area contributed by atoms with Gasteiger partial charge in [0.05, 0.1) is 17.3 Å². The predicted octanol–water partition coefficient (Wildman–Crippen LogP) is 3.56. The number of fused-ring (bicyclic) bond motifs is 1. The van der Waals surface area contributed by atoms with Gasteiger partial charge in [0.2, 0.25) is 0 Å². The molecule has 1 aliphatic rings. The second kappa shape index (κ2) is 6.10. The van der Waals surface area contributed by atoms with E-state index in [9.17, 15) is 4.79 Å². The average Bonchev–Trinajstić information content (AvgIpc) is 3.22. The van der Waals surface area contributed by atoms with Gasteiger partial charge in [-0.2, -0.15) is 5.26 Å². The van der Waals surface area contributed by atoms with Gasteiger partial charge in [-0.3, -0.25) is 9.20 Å². The number of benzene rings is 1. The van der Waals surface area contributed by atoms with E-state index < -0.39 is 0 Å². The molecule has 0 bridgehead atoms. The van der Waals surface area contributed by atoms with E-state index >= 15 is 0 Å². The summed E-state index contributed by atoms with van der Waals surface area (Å²) in [6.45, 7) is 1.59. The summed E-state index contributed by atoms with van der Waals surface area (Å²) in [6.07, 6.45) is 5.20. The van der Waals surface area contributed by atoms with Crippen molar-refractivity contribution in [3.63, 3.8) is 0 Å². The van der Waals surface area contributed by atoms with E-state index in [1.54, 1.807) is 6.07 Å². The summed E-state index contributed by atoms with van der Waals surface area (Å²) in [4.78, 5) is 20.3. The Labute approximate surface area is 143 Å². The highest BCUT2D eigenvalue weighted by atomic mass is 32.1. The molecule has 1 saturated heterocycles. The number of aromatic nitrogens is 2. The molecule has 1 fully saturated rings. The summed E-state index contributed by atoms with van der Waals surface area (Å²) in [6, 6.07) is 9.51. The first kappa shape index (κ1) is 14.9. The quantitative estimate of drug-likeness (QED) is 0.719. The van der Waals surface area contributed by atoms with Gasteiger partial charge in [-0.25, -0.2) is 4.98 Å². The summed E-state index contributed by atoms with van der Waals surface area (Å²) < 4.78 is 1.94. The largest absolute Gasteiger partial charge is 0.337 e. The van der Waals surface area contributed by atoms with Crippen molar-refractivity contribution in [1.29, 1.82) is 5.26 Å². The van der Waals surface area contributed by atoms with Crippen LogP contribution in [0.2, 0.25) is 0 Å². The molecule has 1 amide bonds. The van der Waals surface area contributed by atoms with E-state index in [2.05, 4.69) is 11.1 Å². The van der Waals surface area contributed by atoms with Gasteiger partial charge in [0.15, 0.2) is 10.7 Å². The third-order valence-corrected chi connectivity index (χ3v) is 5.13. The summed E-state index contributed by atoms with van der Waals surface area (Å²) in [7, 11) is 0. The Kier molecular flexibility index (Phi) is 3.79. The molecule has 3 heterocycles. The van der Waals surface area contributed by atoms with Crippen molar-refractivity contribution in [2.45, 2.75) is 19.3 Å². The van der Waals surface area contributed by atoms with Gasteiger partial charge in [0, 0.05) is 30.2 Å². The number of nitriles is 1. The number of carbonyl (C=O) groups is 1. The van der Waals surface area contributed by atoms with E-state index in [0.29, 0.717) is 11.3 Å². The standard InChI is InChI=1S/C18H16N4OS/c19-12-13-5-4-6-14(11-13)16-15(20-18-22(16)9-10-24-18)17(23)21-7-2-1-3-8-21/h4-6,9-11H,1-3,7-8H2. The number of imidazole rings is 1. The Morgan fingerprint density at radius 2 is 2.08 bits per heavy atom. The van der Waals surface area contributed by atoms with Crippen molar-refractivity contribution in [3.8, 4) is 17.3 Å². The van der Waals surface area contributed by atoms with Crippen LogP contribution in [0.15, 0.2) is 35.8 Å². The highest BCUT2D eigenvalue weighted by molar-refractivity contribution is 7.15. The molecule has 1 aliphatic heterocycles. The smallest absolute Gasteiger partial charge is 0.274 e. The maximum atomic E-state index is 13.0. The van der Waals surface area contributed by atoms with Crippen LogP contribution in [0.1, 0.15) is 35.3 Å². The fourth-order valence-electron chi connectivity index (χ4n) is 3.19. The van der Waals surface area contributed by atoms with Gasteiger partial charge in [0.25, 0.3) is 5.91 Å². The van der Waals surface area contributed by atoms with Gasteiger partial charge in [-0.05, 0) is 31.4 Å². The lowest BCUT2D eigenvalue weighted by molar-refractivity contribution is 0.0720. The summed E-state index contributed by atoms with van der Waals surface area (Å²) >= 11 is 1.51. The third-order valence-electron chi connectivity index (χ3n) is 4.37. The number of likely N-dealkylation sites (tertiary alicyclic amines) is 1. The molecule has 3 aromatic rings. The van der Waals surface area contributed by atoms with E-state index in [0.717, 1.165) is 42.1 Å². The van der Waals surface area contributed by atoms with Gasteiger partial charge in [0.1, 0.15) is 0 Å². The molecule has 1 aromatic carbocycles. The van der Waals surface area contributed by atoms with E-state index in [4.69, 9.17) is 5.26 Å². The molecule has 6 heteroatoms. The second-order valence-corrected chi connectivity index (χ2v) is 6.78. The predicted molar refractivity (Wildman–Crippen MR) is 93.0 cm³/mol. The zero-order chi connectivity index (χ0) is 16.5. The topological polar surface area (TPSA) is 61.4 Å². The average molecular weight is 336 g/mol. The van der Waals surface area contributed by atoms with E-state index in [-0.39, 0.29) is 5.91 Å². The molecule has 0 radical (unpaired) electrons. The molecule has 120 valence electrons. The van der Waals surface area contributed by atoms with Crippen molar-refractivity contribution in [1.82, 2.24) is 14.3 Å². The molecule has 0 spiro atoms. The SMILES string of the molecule is N#Cc1cccc(-c2c(C(=O)N3CCCCC3)nc3sccn23)c1. The minimum absolute atomic E-state index is 0.0111. The van der Waals surface area contributed by atoms with Crippen molar-refractivity contribution in [2.75, 3.05) is 13.1 Å². The molecule has 4 rings (SSSR count). The van der Waals surface area contributed by atoms with Gasteiger partial charge in [-0.1, -0.05) is 12.1 Å². The molecule has 0 N–H and O–H groups in total. The number of hydrogen-bond acceptors (Lipinski definition) is 4. The Balaban J connectivity index is 1.85. The van der Waals surface area contributed by atoms with E-state index in [1.165, 1.54) is 17.8 Å². The van der Waals surface area contributed by atoms with Crippen LogP contribution in [-0.4, -0.2) is 33.3 Å². The third kappa shape index (κ3) is 2.47. The maximum absolute atomic E-state index is 13.0. The van der Waals surface area contributed by atoms with Crippen molar-refractivity contribution in [2.24, 2.45) is 0 Å². The molecule has 0 atom stereocenters. The fourth-order valence-corrected chi connectivity index (χ4v) is 3.91. The van der Waals surface area contributed by atoms with Gasteiger partial charge >= 0.3 is 0 Å². The Morgan fingerprint density at radius 1 is 1.25 bits per heavy atom. The van der Waals surface area contributed by atoms with E-state index in [1.807, 2.05) is 39.1 Å². The van der Waals surface area contributed by atoms with Crippen LogP contribution in [0.5, 0.6) is 0 Å². The van der Waals surface area contributed by atoms with Crippen LogP contribution in [0.25, 0.3) is 16.2 Å². The lowest BCUT2D eigenvalue weighted by atomic mass is 10.1. The van der Waals surface area contributed by atoms with Gasteiger partial charge in [-0.15, -0.1) is 11.3 Å². The summed E-state index contributed by atoms with van der Waals surface area (Å²) in [5, 5.41) is 11.1. The maximum Gasteiger partial charge on any atom is 0.274 e. The minimum Gasteiger partial charge on any atom is -0.337 e. The molecule has 5 nitrogen and oxygen atoms in total. The normalized spacial score (nSPS) is 14.7. The summed E-state index contributed by atoms with van der Waals surface area (Å²) in [5.41, 5.74) is 2.69. The molecule has 0 saturated carbocycles. The van der Waals surface area contributed by atoms with Crippen LogP contribution in [0.3, 0.4) is 0 Å². The Morgan fingerprint density at radius 3 is 2.88 bits per heavy atom. The monoisotopic (exact) mass is 336 g/mol. The van der Waals surface area contributed by atoms with Crippen molar-refractivity contribution in [3.05, 3.63) is 47.1 Å². The first-order valence-electron chi connectivity index (χ1n) is 8.03. The highest BCUT2D eigenvalue weighted by Gasteiger charge is 2.26. The van der Waals surface area contributed by atoms with Crippen molar-refractivity contribution < 1.29 is 4.79 Å². The van der Waals surface area contributed by atoms with Crippen LogP contribution in [0, 0.1) is 11.3 Å². The molecule has 0 aliphatic carbocycles. The zero-order valence-corrected chi connectivity index (χ0v) is 13.9. The molecular formula is C18H16N4OS. The number of hydrogen-bond donors (Lipinski definition) is 0. The Bertz CT molecular complexity index is 943. The number of piperidine rings is 1. The number of amides is 1. The number of thiazole rings is 1. The number of nitrogens with zero attached hydrogens (tertiary/aromatic N) is 4. The molecule has 0 unspecified atom stereocenters. The first-order valence-corrected chi connectivity index (χ1v) is 8.91. The zero-order valence-electron chi connectivity index (χ0n) is 13.1. The fraction of sp³-hybridized carbons (Fsp3) is 0.278. The molecular weight excluding hydrogens is 320 g/mol. The molecule has 24 heavy (non-hydrogen) atoms. The minimum atomic E-state index is -0.0111. The van der Waals surface area contributed by atoms with Crippen LogP contribution in [-0.2, 0) is 0 Å². The Hall–Kier alpha value is -2.65. The number of carbonyl (C=O) groups excluding carboxylic acids is 1.